The van der Waals surface area contributed by atoms with Crippen LogP contribution in [0.2, 0.25) is 10.0 Å². The van der Waals surface area contributed by atoms with E-state index in [0.717, 1.165) is 0 Å². The summed E-state index contributed by atoms with van der Waals surface area (Å²) in [6.45, 7) is -6.30. The van der Waals surface area contributed by atoms with E-state index < -0.39 is 13.5 Å². The van der Waals surface area contributed by atoms with E-state index in [-0.39, 0.29) is 67.2 Å². The first-order valence-electron chi connectivity index (χ1n) is 3.67. The van der Waals surface area contributed by atoms with Crippen LogP contribution in [0.25, 0.3) is 0 Å². The van der Waals surface area contributed by atoms with Gasteiger partial charge < -0.3 is 17.7 Å². The van der Waals surface area contributed by atoms with Gasteiger partial charge in [-0.05, 0) is 12.1 Å². The molecule has 0 heterocycles. The molecule has 15 heavy (non-hydrogen) atoms. The standard InChI is InChI=1S/C7H5BCl2F3O.K/c9-5-1-2-6(10)7(3-5)14-4-8(11,12)13;/h1-3H,4H2;/q-1;+1. The first-order valence-corrected chi connectivity index (χ1v) is 4.43. The van der Waals surface area contributed by atoms with E-state index in [4.69, 9.17) is 23.2 Å². The van der Waals surface area contributed by atoms with Gasteiger partial charge in [-0.2, -0.15) is 0 Å². The van der Waals surface area contributed by atoms with Crippen molar-refractivity contribution in [2.45, 2.75) is 0 Å². The quantitative estimate of drug-likeness (QED) is 0.744. The Morgan fingerprint density at radius 2 is 1.80 bits per heavy atom. The van der Waals surface area contributed by atoms with Gasteiger partial charge in [0.25, 0.3) is 0 Å². The summed E-state index contributed by atoms with van der Waals surface area (Å²) >= 11 is 11.1. The zero-order valence-corrected chi connectivity index (χ0v) is 12.4. The maximum atomic E-state index is 11.8. The van der Waals surface area contributed by atoms with E-state index in [9.17, 15) is 12.9 Å². The number of halogens is 5. The monoisotopic (exact) mass is 282 g/mol. The molecule has 0 aromatic heterocycles. The van der Waals surface area contributed by atoms with Crippen molar-refractivity contribution in [2.24, 2.45) is 0 Å². The minimum Gasteiger partial charge on any atom is -0.520 e. The van der Waals surface area contributed by atoms with Crippen molar-refractivity contribution in [2.75, 3.05) is 6.51 Å². The summed E-state index contributed by atoms with van der Waals surface area (Å²) in [4.78, 5) is 0. The molecule has 0 aliphatic rings. The largest absolute Gasteiger partial charge is 1.00 e. The molecular formula is C7H5BCl2F3KO. The van der Waals surface area contributed by atoms with Gasteiger partial charge in [0.15, 0.2) is 0 Å². The molecule has 1 rings (SSSR count). The maximum Gasteiger partial charge on any atom is 1.00 e. The molecule has 0 fully saturated rings. The molecule has 1 aromatic carbocycles. The van der Waals surface area contributed by atoms with E-state index >= 15 is 0 Å². The first kappa shape index (κ1) is 16.1. The fourth-order valence-electron chi connectivity index (χ4n) is 0.772. The van der Waals surface area contributed by atoms with Crippen LogP contribution in [0.5, 0.6) is 5.75 Å². The molecule has 1 aromatic rings. The van der Waals surface area contributed by atoms with E-state index in [0.29, 0.717) is 0 Å². The third-order valence-corrected chi connectivity index (χ3v) is 1.87. The molecular weight excluding hydrogens is 278 g/mol. The second kappa shape index (κ2) is 6.74. The summed E-state index contributed by atoms with van der Waals surface area (Å²) in [6.07, 6.45) is 0. The Kier molecular flexibility index (Phi) is 7.23. The predicted octanol–water partition coefficient (Wildman–Crippen LogP) is 0.763. The van der Waals surface area contributed by atoms with Gasteiger partial charge in [-0.25, -0.2) is 0 Å². The van der Waals surface area contributed by atoms with Gasteiger partial charge >= 0.3 is 58.4 Å². The van der Waals surface area contributed by atoms with Crippen LogP contribution in [0.4, 0.5) is 12.9 Å². The van der Waals surface area contributed by atoms with Crippen molar-refractivity contribution < 1.29 is 69.1 Å². The Hall–Kier alpha value is 1.09. The molecule has 0 aliphatic heterocycles. The van der Waals surface area contributed by atoms with Crippen molar-refractivity contribution in [3.8, 4) is 5.75 Å². The third-order valence-electron chi connectivity index (χ3n) is 1.32. The second-order valence-electron chi connectivity index (χ2n) is 2.60. The summed E-state index contributed by atoms with van der Waals surface area (Å²) in [5.74, 6) is -0.0571. The van der Waals surface area contributed by atoms with Crippen molar-refractivity contribution in [3.63, 3.8) is 0 Å². The van der Waals surface area contributed by atoms with Crippen molar-refractivity contribution >= 4 is 30.2 Å². The molecule has 1 nitrogen and oxygen atoms in total. The Labute approximate surface area is 138 Å². The van der Waals surface area contributed by atoms with Gasteiger partial charge in [-0.3, -0.25) is 0 Å². The minimum atomic E-state index is -4.98. The predicted molar refractivity (Wildman–Crippen MR) is 51.0 cm³/mol. The van der Waals surface area contributed by atoms with Gasteiger partial charge in [0.2, 0.25) is 0 Å². The van der Waals surface area contributed by atoms with Crippen LogP contribution in [0, 0.1) is 0 Å². The SMILES string of the molecule is F[B-](F)(F)COc1cc(Cl)ccc1Cl.[K+]. The van der Waals surface area contributed by atoms with E-state index in [1.54, 1.807) is 0 Å². The van der Waals surface area contributed by atoms with E-state index in [2.05, 4.69) is 4.74 Å². The average Bonchev–Trinajstić information content (AvgIpc) is 2.05. The Balaban J connectivity index is 0.00000196. The molecule has 0 unspecified atom stereocenters. The van der Waals surface area contributed by atoms with Crippen LogP contribution in [0.1, 0.15) is 0 Å². The zero-order chi connectivity index (χ0) is 10.8. The number of hydrogen-bond acceptors (Lipinski definition) is 1. The second-order valence-corrected chi connectivity index (χ2v) is 3.44. The maximum absolute atomic E-state index is 11.8. The Morgan fingerprint density at radius 1 is 1.20 bits per heavy atom. The molecule has 0 spiro atoms. The molecule has 8 heteroatoms. The number of hydrogen-bond donors (Lipinski definition) is 0. The molecule has 0 saturated heterocycles. The molecule has 0 amide bonds. The number of benzene rings is 1. The summed E-state index contributed by atoms with van der Waals surface area (Å²) in [5, 5.41) is 0.383. The summed E-state index contributed by atoms with van der Waals surface area (Å²) in [6, 6.07) is 4.09. The minimum absolute atomic E-state index is 0. The smallest absolute Gasteiger partial charge is 0.520 e. The number of ether oxygens (including phenoxy) is 1. The van der Waals surface area contributed by atoms with Crippen LogP contribution in [-0.4, -0.2) is 13.5 Å². The van der Waals surface area contributed by atoms with Gasteiger partial charge in [-0.1, -0.05) is 23.2 Å². The average molecular weight is 283 g/mol. The Bertz CT molecular complexity index is 335. The van der Waals surface area contributed by atoms with Crippen molar-refractivity contribution in [1.29, 1.82) is 0 Å². The first-order chi connectivity index (χ1) is 6.38. The normalized spacial score (nSPS) is 10.7. The number of rotatable bonds is 3. The van der Waals surface area contributed by atoms with Crippen LogP contribution in [0.3, 0.4) is 0 Å². The fourth-order valence-corrected chi connectivity index (χ4v) is 1.11. The van der Waals surface area contributed by atoms with Crippen LogP contribution in [-0.2, 0) is 0 Å². The van der Waals surface area contributed by atoms with Crippen molar-refractivity contribution in [1.82, 2.24) is 0 Å². The summed E-state index contributed by atoms with van der Waals surface area (Å²) in [5.41, 5.74) is 0. The van der Waals surface area contributed by atoms with Gasteiger partial charge in [-0.15, -0.1) is 0 Å². The molecule has 0 bridgehead atoms. The molecule has 78 valence electrons. The Morgan fingerprint density at radius 3 is 2.33 bits per heavy atom. The fraction of sp³-hybridized carbons (Fsp3) is 0.143. The van der Waals surface area contributed by atoms with E-state index in [1.807, 2.05) is 0 Å². The van der Waals surface area contributed by atoms with Gasteiger partial charge in [0.1, 0.15) is 5.75 Å². The van der Waals surface area contributed by atoms with Gasteiger partial charge in [0, 0.05) is 11.1 Å². The molecule has 0 radical (unpaired) electrons. The van der Waals surface area contributed by atoms with Crippen molar-refractivity contribution in [3.05, 3.63) is 28.2 Å². The van der Waals surface area contributed by atoms with Crippen LogP contribution < -0.4 is 56.1 Å². The van der Waals surface area contributed by atoms with E-state index in [1.165, 1.54) is 18.2 Å². The van der Waals surface area contributed by atoms with Gasteiger partial charge in [0.05, 0.1) is 11.5 Å². The van der Waals surface area contributed by atoms with Crippen LogP contribution in [0.15, 0.2) is 18.2 Å². The molecule has 0 saturated carbocycles. The summed E-state index contributed by atoms with van der Waals surface area (Å²) < 4.78 is 40.0. The molecule has 0 atom stereocenters. The molecule has 0 N–H and O–H groups in total. The zero-order valence-electron chi connectivity index (χ0n) is 7.81. The molecule has 0 aliphatic carbocycles. The topological polar surface area (TPSA) is 9.23 Å². The van der Waals surface area contributed by atoms with Crippen LogP contribution >= 0.6 is 23.2 Å². The third kappa shape index (κ3) is 6.41. The summed E-state index contributed by atoms with van der Waals surface area (Å²) in [7, 11) is 0.